The van der Waals surface area contributed by atoms with Crippen molar-refractivity contribution in [1.29, 1.82) is 5.26 Å². The minimum absolute atomic E-state index is 0.579. The van der Waals surface area contributed by atoms with E-state index < -0.39 is 0 Å². The van der Waals surface area contributed by atoms with Gasteiger partial charge in [-0.1, -0.05) is 13.8 Å². The number of rotatable bonds is 7. The summed E-state index contributed by atoms with van der Waals surface area (Å²) in [6.07, 6.45) is 2.52. The number of ether oxygens (including phenoxy) is 1. The van der Waals surface area contributed by atoms with E-state index in [1.54, 1.807) is 12.3 Å². The zero-order valence-electron chi connectivity index (χ0n) is 10.4. The van der Waals surface area contributed by atoms with Crippen LogP contribution in [-0.4, -0.2) is 24.7 Å². The first-order valence-electron chi connectivity index (χ1n) is 5.90. The van der Waals surface area contributed by atoms with E-state index in [-0.39, 0.29) is 0 Å². The fourth-order valence-electron chi connectivity index (χ4n) is 1.27. The normalized spacial score (nSPS) is 10.2. The molecule has 0 bridgehead atoms. The molecule has 0 amide bonds. The van der Waals surface area contributed by atoms with E-state index in [9.17, 15) is 0 Å². The van der Waals surface area contributed by atoms with E-state index in [0.29, 0.717) is 11.5 Å². The molecule has 4 nitrogen and oxygen atoms in total. The number of nitrogens with one attached hydrogen (secondary N) is 1. The van der Waals surface area contributed by atoms with E-state index in [0.717, 1.165) is 32.0 Å². The van der Waals surface area contributed by atoms with Crippen LogP contribution in [0.15, 0.2) is 18.3 Å². The van der Waals surface area contributed by atoms with Gasteiger partial charge < -0.3 is 10.1 Å². The Balaban J connectivity index is 2.12. The van der Waals surface area contributed by atoms with Crippen LogP contribution in [0.5, 0.6) is 0 Å². The van der Waals surface area contributed by atoms with Gasteiger partial charge in [-0.2, -0.15) is 5.26 Å². The lowest BCUT2D eigenvalue weighted by Crippen LogP contribution is -2.09. The Labute approximate surface area is 103 Å². The molecule has 0 aliphatic rings. The van der Waals surface area contributed by atoms with Gasteiger partial charge in [-0.25, -0.2) is 4.98 Å². The fourth-order valence-corrected chi connectivity index (χ4v) is 1.27. The van der Waals surface area contributed by atoms with Crippen molar-refractivity contribution in [1.82, 2.24) is 4.98 Å². The summed E-state index contributed by atoms with van der Waals surface area (Å²) >= 11 is 0. The summed E-state index contributed by atoms with van der Waals surface area (Å²) in [4.78, 5) is 4.12. The highest BCUT2D eigenvalue weighted by Gasteiger charge is 1.96. The van der Waals surface area contributed by atoms with Crippen molar-refractivity contribution in [2.24, 2.45) is 5.92 Å². The second kappa shape index (κ2) is 7.64. The van der Waals surface area contributed by atoms with Crippen molar-refractivity contribution in [2.45, 2.75) is 20.3 Å². The Morgan fingerprint density at radius 1 is 1.47 bits per heavy atom. The summed E-state index contributed by atoms with van der Waals surface area (Å²) in [5.41, 5.74) is 0.579. The van der Waals surface area contributed by atoms with E-state index >= 15 is 0 Å². The maximum absolute atomic E-state index is 8.62. The fraction of sp³-hybridized carbons (Fsp3) is 0.538. The summed E-state index contributed by atoms with van der Waals surface area (Å²) in [7, 11) is 0. The molecule has 0 spiro atoms. The van der Waals surface area contributed by atoms with Gasteiger partial charge in [-0.05, 0) is 24.5 Å². The van der Waals surface area contributed by atoms with E-state index in [2.05, 4.69) is 24.1 Å². The number of nitrogens with zero attached hydrogens (tertiary/aromatic N) is 2. The largest absolute Gasteiger partial charge is 0.381 e. The standard InChI is InChI=1S/C13H19N3O/c1-11(2)10-17-7-3-6-15-13-5-4-12(8-14)9-16-13/h4-5,9,11H,3,6-7,10H2,1-2H3,(H,15,16). The number of hydrogen-bond acceptors (Lipinski definition) is 4. The van der Waals surface area contributed by atoms with E-state index in [1.165, 1.54) is 0 Å². The van der Waals surface area contributed by atoms with Gasteiger partial charge in [0, 0.05) is 26.0 Å². The summed E-state index contributed by atoms with van der Waals surface area (Å²) < 4.78 is 5.47. The number of aromatic nitrogens is 1. The van der Waals surface area contributed by atoms with Gasteiger partial charge in [0.25, 0.3) is 0 Å². The average molecular weight is 233 g/mol. The van der Waals surface area contributed by atoms with Crippen LogP contribution in [0.25, 0.3) is 0 Å². The topological polar surface area (TPSA) is 57.9 Å². The summed E-state index contributed by atoms with van der Waals surface area (Å²) in [6.45, 7) is 6.69. The Morgan fingerprint density at radius 2 is 2.29 bits per heavy atom. The average Bonchev–Trinajstić information content (AvgIpc) is 2.34. The van der Waals surface area contributed by atoms with Gasteiger partial charge in [0.05, 0.1) is 5.56 Å². The third-order valence-corrected chi connectivity index (χ3v) is 2.12. The molecule has 17 heavy (non-hydrogen) atoms. The van der Waals surface area contributed by atoms with Crippen molar-refractivity contribution in [2.75, 3.05) is 25.1 Å². The number of hydrogen-bond donors (Lipinski definition) is 1. The first-order chi connectivity index (χ1) is 8.22. The van der Waals surface area contributed by atoms with E-state index in [4.69, 9.17) is 10.00 Å². The highest BCUT2D eigenvalue weighted by molar-refractivity contribution is 5.38. The molecule has 1 rings (SSSR count). The Bertz CT molecular complexity index is 354. The van der Waals surface area contributed by atoms with Crippen LogP contribution >= 0.6 is 0 Å². The summed E-state index contributed by atoms with van der Waals surface area (Å²) in [5.74, 6) is 1.39. The van der Waals surface area contributed by atoms with Crippen molar-refractivity contribution < 1.29 is 4.74 Å². The predicted molar refractivity (Wildman–Crippen MR) is 67.7 cm³/mol. The summed E-state index contributed by atoms with van der Waals surface area (Å²) in [5, 5.41) is 11.8. The maximum Gasteiger partial charge on any atom is 0.125 e. The van der Waals surface area contributed by atoms with Crippen LogP contribution < -0.4 is 5.32 Å². The maximum atomic E-state index is 8.62. The van der Waals surface area contributed by atoms with Gasteiger partial charge in [-0.15, -0.1) is 0 Å². The molecule has 0 aliphatic heterocycles. The van der Waals surface area contributed by atoms with Gasteiger partial charge in [0.1, 0.15) is 11.9 Å². The monoisotopic (exact) mass is 233 g/mol. The zero-order chi connectivity index (χ0) is 12.5. The van der Waals surface area contributed by atoms with Crippen LogP contribution in [0.4, 0.5) is 5.82 Å². The lowest BCUT2D eigenvalue weighted by Gasteiger charge is -2.07. The molecule has 0 aliphatic carbocycles. The van der Waals surface area contributed by atoms with Crippen molar-refractivity contribution in [3.63, 3.8) is 0 Å². The molecule has 1 N–H and O–H groups in total. The van der Waals surface area contributed by atoms with Gasteiger partial charge in [0.15, 0.2) is 0 Å². The van der Waals surface area contributed by atoms with Crippen molar-refractivity contribution in [3.05, 3.63) is 23.9 Å². The molecule has 1 heterocycles. The third kappa shape index (κ3) is 5.88. The molecule has 0 saturated carbocycles. The number of pyridine rings is 1. The quantitative estimate of drug-likeness (QED) is 0.735. The SMILES string of the molecule is CC(C)COCCCNc1ccc(C#N)cn1. The molecular formula is C13H19N3O. The Morgan fingerprint density at radius 3 is 2.88 bits per heavy atom. The molecule has 0 radical (unpaired) electrons. The molecule has 4 heteroatoms. The van der Waals surface area contributed by atoms with Gasteiger partial charge in [-0.3, -0.25) is 0 Å². The second-order valence-electron chi connectivity index (χ2n) is 4.29. The third-order valence-electron chi connectivity index (χ3n) is 2.12. The molecule has 0 aromatic carbocycles. The van der Waals surface area contributed by atoms with Crippen molar-refractivity contribution in [3.8, 4) is 6.07 Å². The molecule has 92 valence electrons. The lowest BCUT2D eigenvalue weighted by molar-refractivity contribution is 0.110. The van der Waals surface area contributed by atoms with E-state index in [1.807, 2.05) is 12.1 Å². The minimum atomic E-state index is 0.579. The van der Waals surface area contributed by atoms with Crippen LogP contribution in [0, 0.1) is 17.2 Å². The van der Waals surface area contributed by atoms with Crippen LogP contribution in [0.3, 0.4) is 0 Å². The number of nitriles is 1. The zero-order valence-corrected chi connectivity index (χ0v) is 10.4. The predicted octanol–water partition coefficient (Wildman–Crippen LogP) is 2.43. The highest BCUT2D eigenvalue weighted by Crippen LogP contribution is 2.03. The molecule has 1 aromatic heterocycles. The van der Waals surface area contributed by atoms with Crippen LogP contribution in [0.2, 0.25) is 0 Å². The van der Waals surface area contributed by atoms with Crippen molar-refractivity contribution >= 4 is 5.82 Å². The van der Waals surface area contributed by atoms with Gasteiger partial charge >= 0.3 is 0 Å². The Hall–Kier alpha value is -1.60. The first-order valence-corrected chi connectivity index (χ1v) is 5.90. The van der Waals surface area contributed by atoms with Crippen LogP contribution in [0.1, 0.15) is 25.8 Å². The second-order valence-corrected chi connectivity index (χ2v) is 4.29. The van der Waals surface area contributed by atoms with Crippen LogP contribution in [-0.2, 0) is 4.74 Å². The smallest absolute Gasteiger partial charge is 0.125 e. The Kier molecular flexibility index (Phi) is 6.05. The highest BCUT2D eigenvalue weighted by atomic mass is 16.5. The van der Waals surface area contributed by atoms with Gasteiger partial charge in [0.2, 0.25) is 0 Å². The lowest BCUT2D eigenvalue weighted by atomic mass is 10.2. The molecule has 0 saturated heterocycles. The first kappa shape index (κ1) is 13.5. The minimum Gasteiger partial charge on any atom is -0.381 e. The number of anilines is 1. The molecule has 0 atom stereocenters. The molecule has 0 unspecified atom stereocenters. The molecule has 0 fully saturated rings. The summed E-state index contributed by atoms with van der Waals surface area (Å²) in [6, 6.07) is 5.61. The molecule has 1 aromatic rings. The molecular weight excluding hydrogens is 214 g/mol.